The fourth-order valence-corrected chi connectivity index (χ4v) is 1.56. The summed E-state index contributed by atoms with van der Waals surface area (Å²) in [6, 6.07) is 3.00. The standard InChI is InChI=1S/C10H13ClFN/c1-6-4-8(11)9(12)5-7(6)10(2,3)13/h4-5H,13H2,1-3H3. The second kappa shape index (κ2) is 3.28. The van der Waals surface area contributed by atoms with E-state index < -0.39 is 11.4 Å². The van der Waals surface area contributed by atoms with Gasteiger partial charge in [0.2, 0.25) is 0 Å². The molecule has 0 aliphatic carbocycles. The first-order chi connectivity index (χ1) is 5.82. The molecule has 72 valence electrons. The number of nitrogens with two attached hydrogens (primary N) is 1. The Labute approximate surface area is 82.7 Å². The van der Waals surface area contributed by atoms with Gasteiger partial charge in [0.25, 0.3) is 0 Å². The zero-order valence-corrected chi connectivity index (χ0v) is 8.74. The minimum absolute atomic E-state index is 0.144. The van der Waals surface area contributed by atoms with Crippen LogP contribution in [0.15, 0.2) is 12.1 Å². The summed E-state index contributed by atoms with van der Waals surface area (Å²) in [5, 5.41) is 0.144. The Kier molecular flexibility index (Phi) is 2.64. The summed E-state index contributed by atoms with van der Waals surface area (Å²) in [6.45, 7) is 5.54. The van der Waals surface area contributed by atoms with Gasteiger partial charge in [0.1, 0.15) is 5.82 Å². The Bertz CT molecular complexity index is 328. The molecular weight excluding hydrogens is 189 g/mol. The largest absolute Gasteiger partial charge is 0.322 e. The Hall–Kier alpha value is -0.600. The maximum absolute atomic E-state index is 13.1. The van der Waals surface area contributed by atoms with Crippen LogP contribution in [0.2, 0.25) is 5.02 Å². The molecule has 13 heavy (non-hydrogen) atoms. The van der Waals surface area contributed by atoms with Crippen molar-refractivity contribution >= 4 is 11.6 Å². The van der Waals surface area contributed by atoms with E-state index in [0.717, 1.165) is 11.1 Å². The van der Waals surface area contributed by atoms with Crippen LogP contribution in [0.5, 0.6) is 0 Å². The third-order valence-corrected chi connectivity index (χ3v) is 2.25. The topological polar surface area (TPSA) is 26.0 Å². The molecule has 1 rings (SSSR count). The van der Waals surface area contributed by atoms with Crippen molar-refractivity contribution in [2.45, 2.75) is 26.3 Å². The van der Waals surface area contributed by atoms with Crippen LogP contribution in [0.4, 0.5) is 4.39 Å². The Morgan fingerprint density at radius 2 is 1.92 bits per heavy atom. The predicted molar refractivity (Wildman–Crippen MR) is 53.4 cm³/mol. The lowest BCUT2D eigenvalue weighted by Gasteiger charge is -2.21. The second-order valence-corrected chi connectivity index (χ2v) is 4.21. The number of hydrogen-bond acceptors (Lipinski definition) is 1. The van der Waals surface area contributed by atoms with Crippen LogP contribution in [0.25, 0.3) is 0 Å². The number of hydrogen-bond donors (Lipinski definition) is 1. The highest BCUT2D eigenvalue weighted by atomic mass is 35.5. The molecule has 0 bridgehead atoms. The van der Waals surface area contributed by atoms with Crippen molar-refractivity contribution < 1.29 is 4.39 Å². The van der Waals surface area contributed by atoms with Crippen molar-refractivity contribution in [3.8, 4) is 0 Å². The van der Waals surface area contributed by atoms with Gasteiger partial charge in [-0.25, -0.2) is 4.39 Å². The Morgan fingerprint density at radius 1 is 1.38 bits per heavy atom. The van der Waals surface area contributed by atoms with E-state index in [0.29, 0.717) is 0 Å². The van der Waals surface area contributed by atoms with Crippen molar-refractivity contribution in [2.24, 2.45) is 5.73 Å². The number of rotatable bonds is 1. The van der Waals surface area contributed by atoms with E-state index in [1.165, 1.54) is 6.07 Å². The van der Waals surface area contributed by atoms with E-state index in [9.17, 15) is 4.39 Å². The smallest absolute Gasteiger partial charge is 0.142 e. The molecule has 0 fully saturated rings. The molecule has 3 heteroatoms. The molecule has 2 N–H and O–H groups in total. The zero-order chi connectivity index (χ0) is 10.2. The van der Waals surface area contributed by atoms with Crippen molar-refractivity contribution in [2.75, 3.05) is 0 Å². The van der Waals surface area contributed by atoms with E-state index in [-0.39, 0.29) is 5.02 Å². The highest BCUT2D eigenvalue weighted by molar-refractivity contribution is 6.30. The van der Waals surface area contributed by atoms with E-state index in [1.807, 2.05) is 20.8 Å². The fraction of sp³-hybridized carbons (Fsp3) is 0.400. The molecule has 1 nitrogen and oxygen atoms in total. The lowest BCUT2D eigenvalue weighted by Crippen LogP contribution is -2.29. The summed E-state index contributed by atoms with van der Waals surface area (Å²) in [5.41, 5.74) is 7.04. The van der Waals surface area contributed by atoms with E-state index in [4.69, 9.17) is 17.3 Å². The summed E-state index contributed by atoms with van der Waals surface area (Å²) in [7, 11) is 0. The van der Waals surface area contributed by atoms with E-state index in [2.05, 4.69) is 0 Å². The number of halogens is 2. The molecule has 0 aromatic heterocycles. The van der Waals surface area contributed by atoms with Crippen LogP contribution in [0.3, 0.4) is 0 Å². The van der Waals surface area contributed by atoms with Crippen molar-refractivity contribution in [1.29, 1.82) is 0 Å². The molecule has 0 radical (unpaired) electrons. The SMILES string of the molecule is Cc1cc(Cl)c(F)cc1C(C)(C)N. The highest BCUT2D eigenvalue weighted by Gasteiger charge is 2.18. The van der Waals surface area contributed by atoms with Gasteiger partial charge in [0.15, 0.2) is 0 Å². The van der Waals surface area contributed by atoms with Crippen LogP contribution in [-0.4, -0.2) is 0 Å². The maximum Gasteiger partial charge on any atom is 0.142 e. The predicted octanol–water partition coefficient (Wildman–Crippen LogP) is 2.98. The van der Waals surface area contributed by atoms with Gasteiger partial charge in [0.05, 0.1) is 5.02 Å². The van der Waals surface area contributed by atoms with Crippen LogP contribution >= 0.6 is 11.6 Å². The molecule has 0 saturated heterocycles. The highest BCUT2D eigenvalue weighted by Crippen LogP contribution is 2.26. The van der Waals surface area contributed by atoms with Crippen LogP contribution in [0.1, 0.15) is 25.0 Å². The molecule has 0 saturated carbocycles. The molecule has 0 spiro atoms. The second-order valence-electron chi connectivity index (χ2n) is 3.80. The summed E-state index contributed by atoms with van der Waals surface area (Å²) < 4.78 is 13.1. The van der Waals surface area contributed by atoms with Gasteiger partial charge in [-0.15, -0.1) is 0 Å². The minimum atomic E-state index is -0.532. The number of benzene rings is 1. The van der Waals surface area contributed by atoms with E-state index in [1.54, 1.807) is 6.07 Å². The third-order valence-electron chi connectivity index (χ3n) is 1.96. The summed E-state index contributed by atoms with van der Waals surface area (Å²) in [5.74, 6) is -0.416. The first-order valence-corrected chi connectivity index (χ1v) is 4.45. The van der Waals surface area contributed by atoms with E-state index >= 15 is 0 Å². The average Bonchev–Trinajstić information content (AvgIpc) is 1.94. The van der Waals surface area contributed by atoms with Gasteiger partial charge in [0, 0.05) is 5.54 Å². The Morgan fingerprint density at radius 3 is 2.38 bits per heavy atom. The van der Waals surface area contributed by atoms with Crippen LogP contribution in [-0.2, 0) is 5.54 Å². The first kappa shape index (κ1) is 10.5. The molecule has 0 aliphatic heterocycles. The quantitative estimate of drug-likeness (QED) is 0.743. The lowest BCUT2D eigenvalue weighted by molar-refractivity contribution is 0.540. The molecule has 1 aromatic rings. The van der Waals surface area contributed by atoms with Gasteiger partial charge in [-0.05, 0) is 44.0 Å². The summed E-state index contributed by atoms with van der Waals surface area (Å²) >= 11 is 5.62. The maximum atomic E-state index is 13.1. The number of aryl methyl sites for hydroxylation is 1. The monoisotopic (exact) mass is 201 g/mol. The summed E-state index contributed by atoms with van der Waals surface area (Å²) in [6.07, 6.45) is 0. The van der Waals surface area contributed by atoms with Crippen LogP contribution in [0, 0.1) is 12.7 Å². The zero-order valence-electron chi connectivity index (χ0n) is 7.99. The molecule has 0 heterocycles. The molecular formula is C10H13ClFN. The first-order valence-electron chi connectivity index (χ1n) is 4.07. The molecule has 0 amide bonds. The Balaban J connectivity index is 3.32. The van der Waals surface area contributed by atoms with Crippen molar-refractivity contribution in [3.63, 3.8) is 0 Å². The average molecular weight is 202 g/mol. The molecule has 1 aromatic carbocycles. The molecule has 0 unspecified atom stereocenters. The fourth-order valence-electron chi connectivity index (χ4n) is 1.34. The molecule has 0 aliphatic rings. The van der Waals surface area contributed by atoms with Gasteiger partial charge in [-0.2, -0.15) is 0 Å². The minimum Gasteiger partial charge on any atom is -0.322 e. The van der Waals surface area contributed by atoms with Crippen molar-refractivity contribution in [1.82, 2.24) is 0 Å². The lowest BCUT2D eigenvalue weighted by atomic mass is 9.91. The summed E-state index contributed by atoms with van der Waals surface area (Å²) in [4.78, 5) is 0. The molecule has 0 atom stereocenters. The van der Waals surface area contributed by atoms with Gasteiger partial charge >= 0.3 is 0 Å². The van der Waals surface area contributed by atoms with Gasteiger partial charge in [-0.3, -0.25) is 0 Å². The van der Waals surface area contributed by atoms with Gasteiger partial charge < -0.3 is 5.73 Å². The normalized spacial score (nSPS) is 11.8. The third kappa shape index (κ3) is 2.20. The van der Waals surface area contributed by atoms with Crippen molar-refractivity contribution in [3.05, 3.63) is 34.1 Å². The van der Waals surface area contributed by atoms with Gasteiger partial charge in [-0.1, -0.05) is 11.6 Å². The van der Waals surface area contributed by atoms with Crippen LogP contribution < -0.4 is 5.73 Å².